The first kappa shape index (κ1) is 14.8. The largest absolute Gasteiger partial charge is 0.496 e. The van der Waals surface area contributed by atoms with Gasteiger partial charge in [-0.2, -0.15) is 0 Å². The van der Waals surface area contributed by atoms with E-state index in [0.29, 0.717) is 13.2 Å². The van der Waals surface area contributed by atoms with Gasteiger partial charge in [0.1, 0.15) is 5.75 Å². The van der Waals surface area contributed by atoms with E-state index < -0.39 is 11.5 Å². The first-order valence-electron chi connectivity index (χ1n) is 6.76. The number of carboxylic acids is 1. The highest BCUT2D eigenvalue weighted by atomic mass is 16.5. The molecule has 1 N–H and O–H groups in total. The van der Waals surface area contributed by atoms with Crippen LogP contribution in [0.5, 0.6) is 5.75 Å². The maximum atomic E-state index is 11.3. The average Bonchev–Trinajstić information content (AvgIpc) is 2.47. The second kappa shape index (κ2) is 6.24. The monoisotopic (exact) mass is 279 g/mol. The van der Waals surface area contributed by atoms with Gasteiger partial charge in [-0.1, -0.05) is 18.2 Å². The molecule has 0 aromatic heterocycles. The van der Waals surface area contributed by atoms with Crippen LogP contribution in [-0.4, -0.2) is 49.4 Å². The van der Waals surface area contributed by atoms with Gasteiger partial charge in [0.25, 0.3) is 0 Å². The molecule has 1 fully saturated rings. The fourth-order valence-corrected chi connectivity index (χ4v) is 2.82. The molecule has 1 aliphatic rings. The number of ether oxygens (including phenoxy) is 2. The van der Waals surface area contributed by atoms with Crippen molar-refractivity contribution in [3.8, 4) is 5.75 Å². The Balaban J connectivity index is 2.41. The smallest absolute Gasteiger partial charge is 0.305 e. The zero-order valence-corrected chi connectivity index (χ0v) is 12.0. The molecule has 2 rings (SSSR count). The van der Waals surface area contributed by atoms with Crippen LogP contribution in [0.1, 0.15) is 18.9 Å². The summed E-state index contributed by atoms with van der Waals surface area (Å²) in [6, 6.07) is 7.62. The minimum absolute atomic E-state index is 0.0351. The summed E-state index contributed by atoms with van der Waals surface area (Å²) >= 11 is 0. The lowest BCUT2D eigenvalue weighted by molar-refractivity contribution is -0.141. The summed E-state index contributed by atoms with van der Waals surface area (Å²) in [5.74, 6) is -0.0901. The van der Waals surface area contributed by atoms with Crippen LogP contribution in [0.3, 0.4) is 0 Å². The fraction of sp³-hybridized carbons (Fsp3) is 0.533. The van der Waals surface area contributed by atoms with Gasteiger partial charge in [-0.25, -0.2) is 0 Å². The average molecular weight is 279 g/mol. The molecular formula is C15H21NO4. The molecule has 5 heteroatoms. The van der Waals surface area contributed by atoms with E-state index in [1.54, 1.807) is 7.11 Å². The summed E-state index contributed by atoms with van der Waals surface area (Å²) in [6.45, 7) is 4.67. The third kappa shape index (κ3) is 2.94. The number of carbonyl (C=O) groups is 1. The van der Waals surface area contributed by atoms with Gasteiger partial charge in [-0.15, -0.1) is 0 Å². The number of hydrogen-bond donors (Lipinski definition) is 1. The topological polar surface area (TPSA) is 59.0 Å². The summed E-state index contributed by atoms with van der Waals surface area (Å²) in [5.41, 5.74) is 0.314. The minimum Gasteiger partial charge on any atom is -0.496 e. The van der Waals surface area contributed by atoms with Gasteiger partial charge in [-0.05, 0) is 13.0 Å². The van der Waals surface area contributed by atoms with E-state index in [1.165, 1.54) is 0 Å². The Morgan fingerprint density at radius 2 is 2.05 bits per heavy atom. The standard InChI is InChI=1S/C15H21NO4/c1-15(11-14(17)18,16-7-9-20-10-8-16)12-5-3-4-6-13(12)19-2/h3-6H,7-11H2,1-2H3,(H,17,18). The van der Waals surface area contributed by atoms with Crippen LogP contribution in [0.25, 0.3) is 0 Å². The van der Waals surface area contributed by atoms with Crippen LogP contribution >= 0.6 is 0 Å². The Bertz CT molecular complexity index is 471. The second-order valence-corrected chi connectivity index (χ2v) is 5.14. The molecule has 0 amide bonds. The number of para-hydroxylation sites is 1. The van der Waals surface area contributed by atoms with Gasteiger partial charge in [0, 0.05) is 18.7 Å². The van der Waals surface area contributed by atoms with Gasteiger partial charge in [0.05, 0.1) is 32.3 Å². The molecule has 0 radical (unpaired) electrons. The number of benzene rings is 1. The number of aliphatic carboxylic acids is 1. The van der Waals surface area contributed by atoms with Crippen LogP contribution in [0, 0.1) is 0 Å². The number of carboxylic acid groups (broad SMARTS) is 1. The van der Waals surface area contributed by atoms with Crippen molar-refractivity contribution in [2.24, 2.45) is 0 Å². The number of methoxy groups -OCH3 is 1. The molecule has 1 saturated heterocycles. The van der Waals surface area contributed by atoms with E-state index in [9.17, 15) is 9.90 Å². The zero-order chi connectivity index (χ0) is 14.6. The summed E-state index contributed by atoms with van der Waals surface area (Å²) < 4.78 is 10.8. The molecule has 0 aliphatic carbocycles. The molecular weight excluding hydrogens is 258 g/mol. The molecule has 5 nitrogen and oxygen atoms in total. The lowest BCUT2D eigenvalue weighted by atomic mass is 9.85. The summed E-state index contributed by atoms with van der Waals surface area (Å²) in [4.78, 5) is 13.5. The predicted molar refractivity (Wildman–Crippen MR) is 75.0 cm³/mol. The third-order valence-electron chi connectivity index (χ3n) is 3.89. The highest BCUT2D eigenvalue weighted by molar-refractivity contribution is 5.69. The van der Waals surface area contributed by atoms with Crippen molar-refractivity contribution in [3.05, 3.63) is 29.8 Å². The van der Waals surface area contributed by atoms with Gasteiger partial charge in [0.15, 0.2) is 0 Å². The molecule has 1 heterocycles. The summed E-state index contributed by atoms with van der Waals surface area (Å²) in [5, 5.41) is 9.31. The number of nitrogens with zero attached hydrogens (tertiary/aromatic N) is 1. The van der Waals surface area contributed by atoms with Gasteiger partial charge in [-0.3, -0.25) is 9.69 Å². The first-order chi connectivity index (χ1) is 9.58. The zero-order valence-electron chi connectivity index (χ0n) is 12.0. The van der Waals surface area contributed by atoms with Gasteiger partial charge < -0.3 is 14.6 Å². The van der Waals surface area contributed by atoms with Crippen molar-refractivity contribution in [2.45, 2.75) is 18.9 Å². The molecule has 1 aliphatic heterocycles. The van der Waals surface area contributed by atoms with E-state index >= 15 is 0 Å². The quantitative estimate of drug-likeness (QED) is 0.889. The fourth-order valence-electron chi connectivity index (χ4n) is 2.82. The molecule has 1 aromatic rings. The molecule has 0 bridgehead atoms. The van der Waals surface area contributed by atoms with Crippen molar-refractivity contribution in [1.82, 2.24) is 4.90 Å². The van der Waals surface area contributed by atoms with E-state index in [-0.39, 0.29) is 6.42 Å². The molecule has 0 saturated carbocycles. The van der Waals surface area contributed by atoms with E-state index in [4.69, 9.17) is 9.47 Å². The Kier molecular flexibility index (Phi) is 4.62. The summed E-state index contributed by atoms with van der Waals surface area (Å²) in [6.07, 6.45) is 0.0351. The highest BCUT2D eigenvalue weighted by Gasteiger charge is 2.38. The number of morpholine rings is 1. The lowest BCUT2D eigenvalue weighted by Gasteiger charge is -2.43. The van der Waals surface area contributed by atoms with Crippen LogP contribution in [0.15, 0.2) is 24.3 Å². The Hall–Kier alpha value is -1.59. The van der Waals surface area contributed by atoms with E-state index in [2.05, 4.69) is 4.90 Å². The highest BCUT2D eigenvalue weighted by Crippen LogP contribution is 2.38. The molecule has 1 unspecified atom stereocenters. The minimum atomic E-state index is -0.815. The molecule has 1 atom stereocenters. The molecule has 110 valence electrons. The van der Waals surface area contributed by atoms with Crippen molar-refractivity contribution in [1.29, 1.82) is 0 Å². The number of hydrogen-bond acceptors (Lipinski definition) is 4. The normalized spacial score (nSPS) is 19.3. The van der Waals surface area contributed by atoms with E-state index in [1.807, 2.05) is 31.2 Å². The Morgan fingerprint density at radius 1 is 1.40 bits per heavy atom. The number of rotatable bonds is 5. The van der Waals surface area contributed by atoms with Crippen LogP contribution in [0.2, 0.25) is 0 Å². The molecule has 1 aromatic carbocycles. The first-order valence-corrected chi connectivity index (χ1v) is 6.76. The molecule has 20 heavy (non-hydrogen) atoms. The van der Waals surface area contributed by atoms with Crippen LogP contribution in [0.4, 0.5) is 0 Å². The van der Waals surface area contributed by atoms with Crippen molar-refractivity contribution in [3.63, 3.8) is 0 Å². The molecule has 0 spiro atoms. The SMILES string of the molecule is COc1ccccc1C(C)(CC(=O)O)N1CCOCC1. The predicted octanol–water partition coefficient (Wildman–Crippen LogP) is 1.72. The van der Waals surface area contributed by atoms with Crippen LogP contribution < -0.4 is 4.74 Å². The van der Waals surface area contributed by atoms with Crippen molar-refractivity contribution in [2.75, 3.05) is 33.4 Å². The second-order valence-electron chi connectivity index (χ2n) is 5.14. The summed E-state index contributed by atoms with van der Waals surface area (Å²) in [7, 11) is 1.61. The lowest BCUT2D eigenvalue weighted by Crippen LogP contribution is -2.50. The third-order valence-corrected chi connectivity index (χ3v) is 3.89. The Morgan fingerprint density at radius 3 is 2.65 bits per heavy atom. The van der Waals surface area contributed by atoms with Gasteiger partial charge >= 0.3 is 5.97 Å². The Labute approximate surface area is 119 Å². The van der Waals surface area contributed by atoms with Crippen molar-refractivity contribution >= 4 is 5.97 Å². The maximum absolute atomic E-state index is 11.3. The van der Waals surface area contributed by atoms with Crippen molar-refractivity contribution < 1.29 is 19.4 Å². The van der Waals surface area contributed by atoms with Gasteiger partial charge in [0.2, 0.25) is 0 Å². The van der Waals surface area contributed by atoms with Crippen LogP contribution in [-0.2, 0) is 15.1 Å². The maximum Gasteiger partial charge on any atom is 0.305 e. The van der Waals surface area contributed by atoms with E-state index in [0.717, 1.165) is 24.4 Å².